The Kier molecular flexibility index (Phi) is 3.07. The van der Waals surface area contributed by atoms with Crippen molar-refractivity contribution in [1.29, 1.82) is 0 Å². The van der Waals surface area contributed by atoms with E-state index in [2.05, 4.69) is 0 Å². The molecular weight excluding hydrogens is 178 g/mol. The highest BCUT2D eigenvalue weighted by molar-refractivity contribution is 5.79. The maximum Gasteiger partial charge on any atom is 0.408 e. The van der Waals surface area contributed by atoms with E-state index in [9.17, 15) is 9.59 Å². The van der Waals surface area contributed by atoms with Crippen molar-refractivity contribution in [3.8, 4) is 0 Å². The van der Waals surface area contributed by atoms with Gasteiger partial charge in [-0.25, -0.2) is 9.59 Å². The second-order valence-electron chi connectivity index (χ2n) is 2.76. The normalized spacial score (nSPS) is 23.7. The van der Waals surface area contributed by atoms with Crippen LogP contribution >= 0.6 is 0 Å². The van der Waals surface area contributed by atoms with Crippen molar-refractivity contribution in [1.82, 2.24) is 4.90 Å². The Morgan fingerprint density at radius 3 is 2.62 bits per heavy atom. The van der Waals surface area contributed by atoms with Gasteiger partial charge in [0.15, 0.2) is 6.04 Å². The molecule has 74 valence electrons. The molecule has 0 bridgehead atoms. The molecular formula is C7H11NO5. The average Bonchev–Trinajstić information content (AvgIpc) is 2.27. The first-order valence-corrected chi connectivity index (χ1v) is 3.93. The van der Waals surface area contributed by atoms with Crippen molar-refractivity contribution in [3.63, 3.8) is 0 Å². The predicted molar refractivity (Wildman–Crippen MR) is 41.6 cm³/mol. The standard InChI is InChI=1S/C7H11NO5/c9-6(10)5-4-13-3-1-2-8(5)7(11)12/h5H,1-4H2,(H,9,10)(H,11,12). The molecule has 1 rings (SSSR count). The molecule has 0 aromatic heterocycles. The van der Waals surface area contributed by atoms with Crippen molar-refractivity contribution in [2.24, 2.45) is 0 Å². The van der Waals surface area contributed by atoms with E-state index in [1.165, 1.54) is 0 Å². The third-order valence-corrected chi connectivity index (χ3v) is 1.87. The maximum absolute atomic E-state index is 10.6. The topological polar surface area (TPSA) is 87.1 Å². The van der Waals surface area contributed by atoms with Crippen LogP contribution in [0.1, 0.15) is 6.42 Å². The minimum Gasteiger partial charge on any atom is -0.480 e. The van der Waals surface area contributed by atoms with Gasteiger partial charge in [0.25, 0.3) is 0 Å². The van der Waals surface area contributed by atoms with Crippen molar-refractivity contribution >= 4 is 12.1 Å². The molecule has 1 amide bonds. The van der Waals surface area contributed by atoms with Crippen LogP contribution in [-0.2, 0) is 9.53 Å². The highest BCUT2D eigenvalue weighted by atomic mass is 16.5. The summed E-state index contributed by atoms with van der Waals surface area (Å²) in [5.41, 5.74) is 0. The van der Waals surface area contributed by atoms with Crippen LogP contribution in [-0.4, -0.2) is 53.0 Å². The van der Waals surface area contributed by atoms with Crippen LogP contribution in [0.25, 0.3) is 0 Å². The SMILES string of the molecule is O=C(O)C1COCCCN1C(=O)O. The number of amides is 1. The molecule has 6 heteroatoms. The van der Waals surface area contributed by atoms with Gasteiger partial charge < -0.3 is 14.9 Å². The van der Waals surface area contributed by atoms with Gasteiger partial charge in [-0.1, -0.05) is 0 Å². The summed E-state index contributed by atoms with van der Waals surface area (Å²) in [7, 11) is 0. The molecule has 1 aliphatic rings. The maximum atomic E-state index is 10.6. The minimum absolute atomic E-state index is 0.0678. The zero-order valence-electron chi connectivity index (χ0n) is 6.97. The number of ether oxygens (including phenoxy) is 1. The van der Waals surface area contributed by atoms with E-state index >= 15 is 0 Å². The van der Waals surface area contributed by atoms with Gasteiger partial charge in [-0.2, -0.15) is 0 Å². The van der Waals surface area contributed by atoms with Crippen LogP contribution in [0.4, 0.5) is 4.79 Å². The van der Waals surface area contributed by atoms with Crippen LogP contribution in [0.3, 0.4) is 0 Å². The summed E-state index contributed by atoms with van der Waals surface area (Å²) in [4.78, 5) is 22.2. The van der Waals surface area contributed by atoms with Crippen molar-refractivity contribution in [2.75, 3.05) is 19.8 Å². The fraction of sp³-hybridized carbons (Fsp3) is 0.714. The molecule has 1 unspecified atom stereocenters. The van der Waals surface area contributed by atoms with Gasteiger partial charge in [-0.15, -0.1) is 0 Å². The van der Waals surface area contributed by atoms with Gasteiger partial charge in [0.2, 0.25) is 0 Å². The number of hydrogen-bond donors (Lipinski definition) is 2. The van der Waals surface area contributed by atoms with E-state index in [1.807, 2.05) is 0 Å². The van der Waals surface area contributed by atoms with Gasteiger partial charge in [0, 0.05) is 13.2 Å². The van der Waals surface area contributed by atoms with E-state index < -0.39 is 18.1 Å². The summed E-state index contributed by atoms with van der Waals surface area (Å²) in [6, 6.07) is -1.07. The molecule has 0 spiro atoms. The van der Waals surface area contributed by atoms with Gasteiger partial charge >= 0.3 is 12.1 Å². The molecule has 2 N–H and O–H groups in total. The Bertz CT molecular complexity index is 195. The molecule has 1 atom stereocenters. The molecule has 0 aliphatic carbocycles. The second kappa shape index (κ2) is 4.08. The summed E-state index contributed by atoms with van der Waals surface area (Å²) in [6.45, 7) is 0.557. The predicted octanol–water partition coefficient (Wildman–Crippen LogP) is -0.160. The zero-order chi connectivity index (χ0) is 9.84. The van der Waals surface area contributed by atoms with E-state index in [-0.39, 0.29) is 13.2 Å². The van der Waals surface area contributed by atoms with Crippen LogP contribution < -0.4 is 0 Å². The Labute approximate surface area is 74.7 Å². The van der Waals surface area contributed by atoms with Crippen LogP contribution in [0.15, 0.2) is 0 Å². The molecule has 0 saturated carbocycles. The lowest BCUT2D eigenvalue weighted by Crippen LogP contribution is -2.46. The first-order chi connectivity index (χ1) is 6.13. The van der Waals surface area contributed by atoms with Gasteiger partial charge in [-0.05, 0) is 6.42 Å². The highest BCUT2D eigenvalue weighted by Crippen LogP contribution is 2.07. The van der Waals surface area contributed by atoms with Crippen LogP contribution in [0.5, 0.6) is 0 Å². The number of aliphatic carboxylic acids is 1. The van der Waals surface area contributed by atoms with Crippen molar-refractivity contribution < 1.29 is 24.5 Å². The van der Waals surface area contributed by atoms with Crippen molar-refractivity contribution in [3.05, 3.63) is 0 Å². The van der Waals surface area contributed by atoms with Gasteiger partial charge in [0.1, 0.15) is 0 Å². The Hall–Kier alpha value is -1.30. The summed E-state index contributed by atoms with van der Waals surface area (Å²) < 4.78 is 4.96. The first-order valence-electron chi connectivity index (χ1n) is 3.93. The Morgan fingerprint density at radius 2 is 2.08 bits per heavy atom. The largest absolute Gasteiger partial charge is 0.480 e. The third kappa shape index (κ3) is 2.32. The number of rotatable bonds is 1. The number of nitrogens with zero attached hydrogens (tertiary/aromatic N) is 1. The van der Waals surface area contributed by atoms with Crippen molar-refractivity contribution in [2.45, 2.75) is 12.5 Å². The summed E-state index contributed by atoms with van der Waals surface area (Å²) in [5, 5.41) is 17.4. The minimum atomic E-state index is -1.21. The van der Waals surface area contributed by atoms with Crippen LogP contribution in [0.2, 0.25) is 0 Å². The number of carbonyl (C=O) groups is 2. The fourth-order valence-corrected chi connectivity index (χ4v) is 1.21. The first kappa shape index (κ1) is 9.79. The molecule has 0 radical (unpaired) electrons. The Balaban J connectivity index is 2.72. The lowest BCUT2D eigenvalue weighted by Gasteiger charge is -2.22. The van der Waals surface area contributed by atoms with Crippen LogP contribution in [0, 0.1) is 0 Å². The molecule has 13 heavy (non-hydrogen) atoms. The molecule has 0 aromatic rings. The smallest absolute Gasteiger partial charge is 0.408 e. The van der Waals surface area contributed by atoms with Gasteiger partial charge in [0.05, 0.1) is 6.61 Å². The van der Waals surface area contributed by atoms with Gasteiger partial charge in [-0.3, -0.25) is 4.90 Å². The molecule has 6 nitrogen and oxygen atoms in total. The second-order valence-corrected chi connectivity index (χ2v) is 2.76. The molecule has 1 aliphatic heterocycles. The zero-order valence-corrected chi connectivity index (χ0v) is 6.97. The summed E-state index contributed by atoms with van der Waals surface area (Å²) in [5.74, 6) is -1.16. The quantitative estimate of drug-likeness (QED) is 0.598. The Morgan fingerprint density at radius 1 is 1.38 bits per heavy atom. The highest BCUT2D eigenvalue weighted by Gasteiger charge is 2.30. The molecule has 1 fully saturated rings. The number of carboxylic acids is 1. The monoisotopic (exact) mass is 189 g/mol. The van der Waals surface area contributed by atoms with E-state index in [1.54, 1.807) is 0 Å². The fourth-order valence-electron chi connectivity index (χ4n) is 1.21. The lowest BCUT2D eigenvalue weighted by atomic mass is 10.3. The van der Waals surface area contributed by atoms with E-state index in [4.69, 9.17) is 14.9 Å². The number of carboxylic acid groups (broad SMARTS) is 2. The molecule has 1 saturated heterocycles. The third-order valence-electron chi connectivity index (χ3n) is 1.87. The molecule has 0 aromatic carbocycles. The van der Waals surface area contributed by atoms with E-state index in [0.29, 0.717) is 13.0 Å². The summed E-state index contributed by atoms with van der Waals surface area (Å²) in [6.07, 6.45) is -0.672. The molecule has 1 heterocycles. The lowest BCUT2D eigenvalue weighted by molar-refractivity contribution is -0.144. The summed E-state index contributed by atoms with van der Waals surface area (Å²) >= 11 is 0. The van der Waals surface area contributed by atoms with E-state index in [0.717, 1.165) is 4.90 Å². The number of hydrogen-bond acceptors (Lipinski definition) is 3. The average molecular weight is 189 g/mol.